The number of nitrogens with one attached hydrogen (secondary N) is 1. The molecule has 2 amide bonds. The Morgan fingerprint density at radius 2 is 2.00 bits per heavy atom. The van der Waals surface area contributed by atoms with Crippen molar-refractivity contribution in [1.82, 2.24) is 10.2 Å². The lowest BCUT2D eigenvalue weighted by Crippen LogP contribution is -2.31. The molecule has 4 nitrogen and oxygen atoms in total. The number of carbonyl (C=O) groups excluding carboxylic acids is 2. The van der Waals surface area contributed by atoms with Gasteiger partial charge in [-0.15, -0.1) is 11.6 Å². The first-order valence-corrected chi connectivity index (χ1v) is 8.11. The predicted molar refractivity (Wildman–Crippen MR) is 89.8 cm³/mol. The van der Waals surface area contributed by atoms with Crippen molar-refractivity contribution in [2.75, 3.05) is 20.1 Å². The van der Waals surface area contributed by atoms with Gasteiger partial charge in [0.25, 0.3) is 0 Å². The number of hydrogen-bond donors (Lipinski definition) is 1. The summed E-state index contributed by atoms with van der Waals surface area (Å²) in [7, 11) is 1.79. The van der Waals surface area contributed by atoms with Crippen LogP contribution < -0.4 is 5.32 Å². The van der Waals surface area contributed by atoms with Crippen LogP contribution in [-0.4, -0.2) is 37.4 Å². The van der Waals surface area contributed by atoms with E-state index in [9.17, 15) is 9.59 Å². The van der Waals surface area contributed by atoms with E-state index in [-0.39, 0.29) is 5.91 Å². The van der Waals surface area contributed by atoms with Crippen molar-refractivity contribution in [1.29, 1.82) is 0 Å². The third-order valence-electron chi connectivity index (χ3n) is 3.74. The second-order valence-corrected chi connectivity index (χ2v) is 6.08. The highest BCUT2D eigenvalue weighted by molar-refractivity contribution is 6.30. The Kier molecular flexibility index (Phi) is 8.60. The number of likely N-dealkylation sites (N-methyl/N-ethyl adjacent to an activating group) is 1. The lowest BCUT2D eigenvalue weighted by atomic mass is 10.0. The van der Waals surface area contributed by atoms with Crippen molar-refractivity contribution >= 4 is 23.9 Å². The molecule has 0 bridgehead atoms. The Morgan fingerprint density at radius 3 is 2.64 bits per heavy atom. The van der Waals surface area contributed by atoms with Crippen molar-refractivity contribution in [3.8, 4) is 0 Å². The third-order valence-corrected chi connectivity index (χ3v) is 4.18. The van der Waals surface area contributed by atoms with Gasteiger partial charge in [-0.05, 0) is 30.7 Å². The van der Waals surface area contributed by atoms with Gasteiger partial charge >= 0.3 is 0 Å². The molecule has 1 N–H and O–H groups in total. The van der Waals surface area contributed by atoms with Gasteiger partial charge in [-0.25, -0.2) is 0 Å². The second-order valence-electron chi connectivity index (χ2n) is 5.64. The fraction of sp³-hybridized carbons (Fsp3) is 0.529. The highest BCUT2D eigenvalue weighted by atomic mass is 35.5. The maximum Gasteiger partial charge on any atom is 0.244 e. The lowest BCUT2D eigenvalue weighted by molar-refractivity contribution is -0.129. The number of halogens is 1. The van der Waals surface area contributed by atoms with Gasteiger partial charge in [0.1, 0.15) is 5.38 Å². The molecule has 0 aliphatic rings. The quantitative estimate of drug-likeness (QED) is 0.408. The standard InChI is InChI=1S/C17H25ClN2O2/c1-14(7-6-11-19-13-21)10-12-20(2)17(22)16(18)15-8-4-3-5-9-15/h3-5,8-9,13-14,16H,6-7,10-12H2,1-2H3,(H,19,21). The van der Waals surface area contributed by atoms with Gasteiger partial charge < -0.3 is 10.2 Å². The van der Waals surface area contributed by atoms with Gasteiger partial charge in [0, 0.05) is 20.1 Å². The molecule has 1 rings (SSSR count). The SMILES string of the molecule is CC(CCCNC=O)CCN(C)C(=O)C(Cl)c1ccccc1. The molecule has 0 spiro atoms. The van der Waals surface area contributed by atoms with Crippen LogP contribution in [0.15, 0.2) is 30.3 Å². The molecule has 0 heterocycles. The van der Waals surface area contributed by atoms with Gasteiger partial charge in [0.05, 0.1) is 0 Å². The predicted octanol–water partition coefficient (Wildman–Crippen LogP) is 2.98. The molecule has 2 unspecified atom stereocenters. The fourth-order valence-corrected chi connectivity index (χ4v) is 2.55. The molecule has 0 aromatic heterocycles. The summed E-state index contributed by atoms with van der Waals surface area (Å²) in [4.78, 5) is 24.2. The molecule has 0 radical (unpaired) electrons. The zero-order valence-corrected chi connectivity index (χ0v) is 14.1. The first-order chi connectivity index (χ1) is 10.6. The van der Waals surface area contributed by atoms with Gasteiger partial charge in [-0.2, -0.15) is 0 Å². The van der Waals surface area contributed by atoms with Crippen LogP contribution in [0.5, 0.6) is 0 Å². The number of benzene rings is 1. The largest absolute Gasteiger partial charge is 0.359 e. The molecule has 0 aliphatic carbocycles. The summed E-state index contributed by atoms with van der Waals surface area (Å²) in [5.41, 5.74) is 0.828. The molecular formula is C17H25ClN2O2. The second kappa shape index (κ2) is 10.2. The number of nitrogens with zero attached hydrogens (tertiary/aromatic N) is 1. The Morgan fingerprint density at radius 1 is 1.32 bits per heavy atom. The van der Waals surface area contributed by atoms with Crippen LogP contribution in [0.1, 0.15) is 37.1 Å². The molecule has 0 fully saturated rings. The van der Waals surface area contributed by atoms with E-state index in [0.717, 1.165) is 31.2 Å². The average molecular weight is 325 g/mol. The molecule has 2 atom stereocenters. The Bertz CT molecular complexity index is 453. The highest BCUT2D eigenvalue weighted by Gasteiger charge is 2.21. The molecule has 1 aromatic carbocycles. The van der Waals surface area contributed by atoms with E-state index in [1.807, 2.05) is 30.3 Å². The molecule has 1 aromatic rings. The van der Waals surface area contributed by atoms with Crippen LogP contribution in [0.4, 0.5) is 0 Å². The summed E-state index contributed by atoms with van der Waals surface area (Å²) >= 11 is 6.25. The number of rotatable bonds is 10. The van der Waals surface area contributed by atoms with Crippen molar-refractivity contribution in [2.24, 2.45) is 5.92 Å². The number of alkyl halides is 1. The summed E-state index contributed by atoms with van der Waals surface area (Å²) in [6.07, 6.45) is 3.65. The third kappa shape index (κ3) is 6.48. The molecule has 22 heavy (non-hydrogen) atoms. The van der Waals surface area contributed by atoms with Crippen molar-refractivity contribution in [3.05, 3.63) is 35.9 Å². The van der Waals surface area contributed by atoms with Crippen LogP contribution in [0.3, 0.4) is 0 Å². The van der Waals surface area contributed by atoms with E-state index in [4.69, 9.17) is 11.6 Å². The Labute approximate surface area is 137 Å². The fourth-order valence-electron chi connectivity index (χ4n) is 2.24. The average Bonchev–Trinajstić information content (AvgIpc) is 2.56. The zero-order chi connectivity index (χ0) is 16.4. The molecule has 0 saturated carbocycles. The number of carbonyl (C=O) groups is 2. The van der Waals surface area contributed by atoms with Crippen LogP contribution in [-0.2, 0) is 9.59 Å². The first-order valence-electron chi connectivity index (χ1n) is 7.67. The van der Waals surface area contributed by atoms with E-state index in [1.165, 1.54) is 0 Å². The lowest BCUT2D eigenvalue weighted by Gasteiger charge is -2.22. The Balaban J connectivity index is 2.33. The zero-order valence-electron chi connectivity index (χ0n) is 13.3. The van der Waals surface area contributed by atoms with E-state index in [1.54, 1.807) is 11.9 Å². The van der Waals surface area contributed by atoms with Crippen molar-refractivity contribution < 1.29 is 9.59 Å². The van der Waals surface area contributed by atoms with E-state index in [0.29, 0.717) is 19.0 Å². The molecular weight excluding hydrogens is 300 g/mol. The monoisotopic (exact) mass is 324 g/mol. The minimum absolute atomic E-state index is 0.0670. The Hall–Kier alpha value is -1.55. The molecule has 0 saturated heterocycles. The van der Waals surface area contributed by atoms with Crippen molar-refractivity contribution in [2.45, 2.75) is 31.6 Å². The topological polar surface area (TPSA) is 49.4 Å². The van der Waals surface area contributed by atoms with Gasteiger partial charge in [0.15, 0.2) is 0 Å². The van der Waals surface area contributed by atoms with E-state index < -0.39 is 5.38 Å². The highest BCUT2D eigenvalue weighted by Crippen LogP contribution is 2.22. The normalized spacial score (nSPS) is 13.2. The van der Waals surface area contributed by atoms with Crippen LogP contribution in [0.2, 0.25) is 0 Å². The smallest absolute Gasteiger partial charge is 0.244 e. The summed E-state index contributed by atoms with van der Waals surface area (Å²) < 4.78 is 0. The summed E-state index contributed by atoms with van der Waals surface area (Å²) in [6.45, 7) is 3.56. The maximum atomic E-state index is 12.3. The van der Waals surface area contributed by atoms with E-state index >= 15 is 0 Å². The van der Waals surface area contributed by atoms with Gasteiger partial charge in [0.2, 0.25) is 12.3 Å². The van der Waals surface area contributed by atoms with Crippen LogP contribution >= 0.6 is 11.6 Å². The minimum Gasteiger partial charge on any atom is -0.359 e. The maximum absolute atomic E-state index is 12.3. The summed E-state index contributed by atoms with van der Waals surface area (Å²) in [5.74, 6) is 0.442. The van der Waals surface area contributed by atoms with Crippen molar-refractivity contribution in [3.63, 3.8) is 0 Å². The minimum atomic E-state index is -0.627. The first kappa shape index (κ1) is 18.5. The molecule has 5 heteroatoms. The summed E-state index contributed by atoms with van der Waals surface area (Å²) in [5, 5.41) is 2.03. The number of amides is 2. The molecule has 122 valence electrons. The van der Waals surface area contributed by atoms with Crippen LogP contribution in [0, 0.1) is 5.92 Å². The van der Waals surface area contributed by atoms with Gasteiger partial charge in [-0.1, -0.05) is 37.3 Å². The summed E-state index contributed by atoms with van der Waals surface area (Å²) in [6, 6.07) is 9.40. The van der Waals surface area contributed by atoms with Gasteiger partial charge in [-0.3, -0.25) is 9.59 Å². The molecule has 0 aliphatic heterocycles. The number of hydrogen-bond acceptors (Lipinski definition) is 2. The van der Waals surface area contributed by atoms with Crippen LogP contribution in [0.25, 0.3) is 0 Å². The van der Waals surface area contributed by atoms with E-state index in [2.05, 4.69) is 12.2 Å².